The first kappa shape index (κ1) is 32.1. The number of aliphatic hydroxyl groups excluding tert-OH is 1. The molecule has 2 aliphatic rings. The number of aliphatic hydroxyl groups is 2. The zero-order valence-electron chi connectivity index (χ0n) is 23.6. The highest BCUT2D eigenvalue weighted by Gasteiger charge is 2.30. The Bertz CT molecular complexity index is 1270. The molecule has 4 N–H and O–H groups in total. The average molecular weight is 612 g/mol. The molecule has 2 aliphatic carbocycles. The van der Waals surface area contributed by atoms with Crippen molar-refractivity contribution < 1.29 is 38.2 Å². The summed E-state index contributed by atoms with van der Waals surface area (Å²) < 4.78 is 38.8. The van der Waals surface area contributed by atoms with Gasteiger partial charge in [-0.05, 0) is 73.3 Å². The Kier molecular flexibility index (Phi) is 11.8. The summed E-state index contributed by atoms with van der Waals surface area (Å²) in [7, 11) is -3.52. The fraction of sp³-hybridized carbons (Fsp3) is 0.643. The maximum absolute atomic E-state index is 13.3. The number of aryl methyl sites for hydroxylation is 2. The summed E-state index contributed by atoms with van der Waals surface area (Å²) in [6.07, 6.45) is 7.57. The summed E-state index contributed by atoms with van der Waals surface area (Å²) in [5.41, 5.74) is 4.78. The van der Waals surface area contributed by atoms with Gasteiger partial charge in [0.1, 0.15) is 14.8 Å². The first-order valence-corrected chi connectivity index (χ1v) is 16.4. The number of ether oxygens (including phenoxy) is 4. The Labute approximate surface area is 245 Å². The van der Waals surface area contributed by atoms with Crippen molar-refractivity contribution in [3.8, 4) is 0 Å². The van der Waals surface area contributed by atoms with Crippen molar-refractivity contribution in [2.45, 2.75) is 61.7 Å². The summed E-state index contributed by atoms with van der Waals surface area (Å²) in [5.74, 6) is -0.502. The Hall–Kier alpha value is -1.81. The fourth-order valence-electron chi connectivity index (χ4n) is 5.23. The van der Waals surface area contributed by atoms with E-state index in [1.165, 1.54) is 28.5 Å². The summed E-state index contributed by atoms with van der Waals surface area (Å²) in [6.45, 7) is 3.95. The maximum atomic E-state index is 13.3. The molecule has 1 amide bonds. The number of fused-ring (bicyclic) bond motifs is 2. The summed E-state index contributed by atoms with van der Waals surface area (Å²) in [6, 6.07) is 2.31. The number of nitrogens with two attached hydrogens (primary N) is 1. The molecule has 0 bridgehead atoms. The average Bonchev–Trinajstić information content (AvgIpc) is 3.70. The molecular weight excluding hydrogens is 570 g/mol. The van der Waals surface area contributed by atoms with Crippen LogP contribution in [0.15, 0.2) is 20.8 Å². The summed E-state index contributed by atoms with van der Waals surface area (Å²) in [4.78, 5) is 17.2. The predicted molar refractivity (Wildman–Crippen MR) is 154 cm³/mol. The monoisotopic (exact) mass is 611 g/mol. The van der Waals surface area contributed by atoms with Crippen LogP contribution in [-0.2, 0) is 71.4 Å². The molecular formula is C28H41N3O8S2. The van der Waals surface area contributed by atoms with E-state index in [-0.39, 0.29) is 35.5 Å². The number of hydrogen-bond donors (Lipinski definition) is 3. The standard InChI is InChI=1S/C28H41N3O8S2/c1-28(34,19-39-15-14-38-13-12-37-11-10-36-9-8-32)27-30-18-26(40-27)41(29,35)31-25(33)17-24-22-6-2-4-20(22)16-21-5-3-7-23(21)24/h16,18,32,34H,2-15,17,19H2,1H3,(H2,29,31,33,35). The smallest absolute Gasteiger partial charge is 0.259 e. The molecule has 2 unspecified atom stereocenters. The van der Waals surface area contributed by atoms with Crippen molar-refractivity contribution in [3.05, 3.63) is 45.1 Å². The third-order valence-corrected chi connectivity index (χ3v) is 10.3. The molecule has 1 heterocycles. The number of hydrogen-bond acceptors (Lipinski definition) is 10. The van der Waals surface area contributed by atoms with Crippen LogP contribution >= 0.6 is 11.3 Å². The Morgan fingerprint density at radius 1 is 1.00 bits per heavy atom. The van der Waals surface area contributed by atoms with Gasteiger partial charge in [-0.3, -0.25) is 4.79 Å². The number of amides is 1. The lowest BCUT2D eigenvalue weighted by molar-refractivity contribution is -0.117. The van der Waals surface area contributed by atoms with Gasteiger partial charge in [0, 0.05) is 0 Å². The lowest BCUT2D eigenvalue weighted by atomic mass is 9.92. The first-order valence-electron chi connectivity index (χ1n) is 14.0. The number of aromatic nitrogens is 1. The molecule has 228 valence electrons. The summed E-state index contributed by atoms with van der Waals surface area (Å²) in [5, 5.41) is 25.8. The van der Waals surface area contributed by atoms with Crippen LogP contribution in [0.25, 0.3) is 0 Å². The van der Waals surface area contributed by atoms with E-state index in [0.717, 1.165) is 55.4 Å². The number of thiazole rings is 1. The minimum Gasteiger partial charge on any atom is -0.394 e. The van der Waals surface area contributed by atoms with Gasteiger partial charge >= 0.3 is 0 Å². The predicted octanol–water partition coefficient (Wildman–Crippen LogP) is 1.86. The molecule has 11 nitrogen and oxygen atoms in total. The van der Waals surface area contributed by atoms with Gasteiger partial charge in [-0.15, -0.1) is 15.7 Å². The van der Waals surface area contributed by atoms with Gasteiger partial charge in [0.25, 0.3) is 5.91 Å². The van der Waals surface area contributed by atoms with E-state index in [1.54, 1.807) is 6.92 Å². The zero-order chi connectivity index (χ0) is 29.3. The SMILES string of the molecule is CC(O)(COCCOCCOCCOCCO)c1ncc(S(N)(=O)=NC(=O)Cc2c3c(cc4c2CCC4)CCC3)s1. The van der Waals surface area contributed by atoms with Gasteiger partial charge in [0.05, 0.1) is 72.1 Å². The van der Waals surface area contributed by atoms with Crippen LogP contribution in [0.3, 0.4) is 0 Å². The molecule has 2 aromatic rings. The molecule has 1 aromatic carbocycles. The molecule has 1 aromatic heterocycles. The molecule has 0 spiro atoms. The highest BCUT2D eigenvalue weighted by Crippen LogP contribution is 2.36. The van der Waals surface area contributed by atoms with Crippen LogP contribution in [0.4, 0.5) is 0 Å². The molecule has 0 radical (unpaired) electrons. The lowest BCUT2D eigenvalue weighted by Gasteiger charge is -2.20. The Morgan fingerprint density at radius 2 is 1.56 bits per heavy atom. The molecule has 0 saturated carbocycles. The zero-order valence-corrected chi connectivity index (χ0v) is 25.2. The maximum Gasteiger partial charge on any atom is 0.259 e. The van der Waals surface area contributed by atoms with Crippen LogP contribution in [0.5, 0.6) is 0 Å². The van der Waals surface area contributed by atoms with Gasteiger partial charge in [-0.1, -0.05) is 6.07 Å². The second-order valence-corrected chi connectivity index (χ2v) is 13.5. The van der Waals surface area contributed by atoms with E-state index in [4.69, 9.17) is 29.2 Å². The van der Waals surface area contributed by atoms with Gasteiger partial charge in [0.15, 0.2) is 9.92 Å². The van der Waals surface area contributed by atoms with Crippen LogP contribution in [0.1, 0.15) is 52.6 Å². The number of carbonyl (C=O) groups is 1. The van der Waals surface area contributed by atoms with Crippen molar-refractivity contribution in [3.63, 3.8) is 0 Å². The minimum absolute atomic E-state index is 0.0123. The van der Waals surface area contributed by atoms with Crippen molar-refractivity contribution >= 4 is 27.2 Å². The van der Waals surface area contributed by atoms with Crippen LogP contribution < -0.4 is 5.14 Å². The molecule has 13 heteroatoms. The lowest BCUT2D eigenvalue weighted by Crippen LogP contribution is -2.28. The molecule has 0 aliphatic heterocycles. The normalized spacial score (nSPS) is 17.2. The number of benzene rings is 1. The van der Waals surface area contributed by atoms with E-state index in [0.29, 0.717) is 39.6 Å². The fourth-order valence-corrected chi connectivity index (χ4v) is 7.40. The largest absolute Gasteiger partial charge is 0.394 e. The van der Waals surface area contributed by atoms with Crippen molar-refractivity contribution in [1.29, 1.82) is 0 Å². The second-order valence-electron chi connectivity index (χ2n) is 10.4. The third kappa shape index (κ3) is 8.85. The van der Waals surface area contributed by atoms with Gasteiger partial charge in [-0.2, -0.15) is 0 Å². The van der Waals surface area contributed by atoms with Crippen LogP contribution in [-0.4, -0.2) is 84.8 Å². The highest BCUT2D eigenvalue weighted by atomic mass is 32.2. The van der Waals surface area contributed by atoms with Gasteiger partial charge < -0.3 is 29.2 Å². The molecule has 2 atom stereocenters. The quantitative estimate of drug-likeness (QED) is 0.227. The van der Waals surface area contributed by atoms with Gasteiger partial charge in [-0.25, -0.2) is 14.3 Å². The van der Waals surface area contributed by atoms with E-state index in [1.807, 2.05) is 0 Å². The van der Waals surface area contributed by atoms with Gasteiger partial charge in [0.2, 0.25) is 0 Å². The minimum atomic E-state index is -3.52. The third-order valence-electron chi connectivity index (χ3n) is 7.13. The van der Waals surface area contributed by atoms with Crippen molar-refractivity contribution in [2.24, 2.45) is 9.50 Å². The topological polar surface area (TPSA) is 163 Å². The molecule has 4 rings (SSSR count). The number of nitrogens with zero attached hydrogens (tertiary/aromatic N) is 2. The van der Waals surface area contributed by atoms with E-state index >= 15 is 0 Å². The second kappa shape index (κ2) is 15.1. The summed E-state index contributed by atoms with van der Waals surface area (Å²) >= 11 is 0.960. The van der Waals surface area contributed by atoms with Crippen LogP contribution in [0.2, 0.25) is 0 Å². The van der Waals surface area contributed by atoms with Crippen molar-refractivity contribution in [1.82, 2.24) is 4.98 Å². The number of rotatable bonds is 17. The van der Waals surface area contributed by atoms with E-state index < -0.39 is 21.4 Å². The molecule has 0 fully saturated rings. The van der Waals surface area contributed by atoms with Crippen molar-refractivity contribution in [2.75, 3.05) is 59.5 Å². The first-order chi connectivity index (χ1) is 19.7. The van der Waals surface area contributed by atoms with E-state index in [9.17, 15) is 14.1 Å². The highest BCUT2D eigenvalue weighted by molar-refractivity contribution is 7.93. The van der Waals surface area contributed by atoms with Crippen LogP contribution in [0, 0.1) is 0 Å². The molecule has 0 saturated heterocycles. The Balaban J connectivity index is 1.25. The number of carbonyl (C=O) groups excluding carboxylic acids is 1. The Morgan fingerprint density at radius 3 is 2.15 bits per heavy atom. The molecule has 41 heavy (non-hydrogen) atoms. The van der Waals surface area contributed by atoms with E-state index in [2.05, 4.69) is 15.4 Å².